The summed E-state index contributed by atoms with van der Waals surface area (Å²) in [6.45, 7) is 6.30. The van der Waals surface area contributed by atoms with E-state index in [0.29, 0.717) is 10.7 Å². The molecule has 22 heavy (non-hydrogen) atoms. The van der Waals surface area contributed by atoms with Gasteiger partial charge in [0, 0.05) is 6.07 Å². The Hall–Kier alpha value is -1.72. The molecule has 0 aliphatic rings. The van der Waals surface area contributed by atoms with Crippen LogP contribution >= 0.6 is 23.2 Å². The number of anilines is 2. The average Bonchev–Trinajstić information content (AvgIpc) is 2.79. The number of carbonyl (C=O) groups is 1. The van der Waals surface area contributed by atoms with Gasteiger partial charge in [0.15, 0.2) is 0 Å². The highest BCUT2D eigenvalue weighted by molar-refractivity contribution is 6.44. The first-order valence-electron chi connectivity index (χ1n) is 6.72. The number of amides is 2. The molecule has 0 aliphatic carbocycles. The van der Waals surface area contributed by atoms with Crippen molar-refractivity contribution in [2.75, 3.05) is 10.6 Å². The predicted molar refractivity (Wildman–Crippen MR) is 88.8 cm³/mol. The molecule has 0 unspecified atom stereocenters. The molecule has 0 aliphatic heterocycles. The molecule has 7 heteroatoms. The maximum Gasteiger partial charge on any atom is 0.326 e. The van der Waals surface area contributed by atoms with E-state index in [-0.39, 0.29) is 16.3 Å². The molecule has 0 radical (unpaired) electrons. The van der Waals surface area contributed by atoms with Crippen LogP contribution in [-0.4, -0.2) is 11.2 Å². The molecule has 0 fully saturated rings. The third-order valence-electron chi connectivity index (χ3n) is 2.71. The zero-order chi connectivity index (χ0) is 16.3. The lowest BCUT2D eigenvalue weighted by Crippen LogP contribution is -2.19. The molecule has 0 bridgehead atoms. The van der Waals surface area contributed by atoms with E-state index in [0.717, 1.165) is 12.1 Å². The Labute approximate surface area is 139 Å². The van der Waals surface area contributed by atoms with E-state index in [2.05, 4.69) is 36.6 Å². The Balaban J connectivity index is 1.99. The second-order valence-corrected chi connectivity index (χ2v) is 6.89. The SMILES string of the molecule is CC(C)(C)Cc1cc(NC(=O)Nc2cccc(Cl)c2Cl)on1. The van der Waals surface area contributed by atoms with Gasteiger partial charge in [-0.2, -0.15) is 0 Å². The topological polar surface area (TPSA) is 67.2 Å². The van der Waals surface area contributed by atoms with Gasteiger partial charge in [0.1, 0.15) is 0 Å². The van der Waals surface area contributed by atoms with Crippen LogP contribution in [0.15, 0.2) is 28.8 Å². The van der Waals surface area contributed by atoms with Crippen LogP contribution in [0.3, 0.4) is 0 Å². The summed E-state index contributed by atoms with van der Waals surface area (Å²) < 4.78 is 5.09. The maximum atomic E-state index is 11.9. The minimum atomic E-state index is -0.484. The van der Waals surface area contributed by atoms with Crippen LogP contribution in [-0.2, 0) is 6.42 Å². The highest BCUT2D eigenvalue weighted by atomic mass is 35.5. The summed E-state index contributed by atoms with van der Waals surface area (Å²) in [5, 5.41) is 9.74. The smallest absolute Gasteiger partial charge is 0.326 e. The Bertz CT molecular complexity index is 678. The van der Waals surface area contributed by atoms with Gasteiger partial charge in [-0.25, -0.2) is 4.79 Å². The summed E-state index contributed by atoms with van der Waals surface area (Å²) in [4.78, 5) is 11.9. The Kier molecular flexibility index (Phi) is 4.98. The molecule has 118 valence electrons. The van der Waals surface area contributed by atoms with Crippen LogP contribution in [0.5, 0.6) is 0 Å². The molecule has 2 aromatic rings. The average molecular weight is 342 g/mol. The van der Waals surface area contributed by atoms with E-state index < -0.39 is 6.03 Å². The number of rotatable bonds is 3. The van der Waals surface area contributed by atoms with Crippen LogP contribution in [0.25, 0.3) is 0 Å². The monoisotopic (exact) mass is 341 g/mol. The van der Waals surface area contributed by atoms with Gasteiger partial charge in [0.25, 0.3) is 0 Å². The molecule has 5 nitrogen and oxygen atoms in total. The minimum Gasteiger partial charge on any atom is -0.338 e. The fourth-order valence-electron chi connectivity index (χ4n) is 1.86. The quantitative estimate of drug-likeness (QED) is 0.804. The molecule has 0 saturated carbocycles. The Morgan fingerprint density at radius 3 is 2.68 bits per heavy atom. The Morgan fingerprint density at radius 2 is 2.00 bits per heavy atom. The number of benzene rings is 1. The van der Waals surface area contributed by atoms with Crippen LogP contribution in [0.4, 0.5) is 16.4 Å². The van der Waals surface area contributed by atoms with Crippen molar-refractivity contribution in [3.8, 4) is 0 Å². The van der Waals surface area contributed by atoms with Crippen molar-refractivity contribution in [3.05, 3.63) is 40.0 Å². The van der Waals surface area contributed by atoms with Crippen LogP contribution in [0, 0.1) is 5.41 Å². The van der Waals surface area contributed by atoms with Gasteiger partial charge in [-0.05, 0) is 24.0 Å². The van der Waals surface area contributed by atoms with Crippen LogP contribution < -0.4 is 10.6 Å². The molecular formula is C15H17Cl2N3O2. The van der Waals surface area contributed by atoms with Crippen molar-refractivity contribution in [2.24, 2.45) is 5.41 Å². The summed E-state index contributed by atoms with van der Waals surface area (Å²) in [7, 11) is 0. The van der Waals surface area contributed by atoms with Gasteiger partial charge in [0.2, 0.25) is 5.88 Å². The van der Waals surface area contributed by atoms with Gasteiger partial charge in [-0.15, -0.1) is 0 Å². The predicted octanol–water partition coefficient (Wildman–Crippen LogP) is 5.21. The van der Waals surface area contributed by atoms with E-state index in [9.17, 15) is 4.79 Å². The lowest BCUT2D eigenvalue weighted by Gasteiger charge is -2.14. The molecule has 0 saturated heterocycles. The number of hydrogen-bond donors (Lipinski definition) is 2. The normalized spacial score (nSPS) is 11.3. The van der Waals surface area contributed by atoms with Crippen LogP contribution in [0.2, 0.25) is 10.0 Å². The largest absolute Gasteiger partial charge is 0.338 e. The number of nitrogens with zero attached hydrogens (tertiary/aromatic N) is 1. The van der Waals surface area contributed by atoms with Crippen molar-refractivity contribution >= 4 is 40.8 Å². The summed E-state index contributed by atoms with van der Waals surface area (Å²) >= 11 is 11.9. The van der Waals surface area contributed by atoms with Crippen molar-refractivity contribution < 1.29 is 9.32 Å². The third-order valence-corrected chi connectivity index (χ3v) is 3.53. The highest BCUT2D eigenvalue weighted by Gasteiger charge is 2.16. The molecule has 1 heterocycles. The molecule has 1 aromatic heterocycles. The van der Waals surface area contributed by atoms with E-state index in [1.165, 1.54) is 0 Å². The van der Waals surface area contributed by atoms with Crippen molar-refractivity contribution in [2.45, 2.75) is 27.2 Å². The summed E-state index contributed by atoms with van der Waals surface area (Å²) in [5.74, 6) is 0.273. The molecule has 0 atom stereocenters. The van der Waals surface area contributed by atoms with E-state index >= 15 is 0 Å². The second-order valence-electron chi connectivity index (χ2n) is 6.10. The fraction of sp³-hybridized carbons (Fsp3) is 0.333. The first kappa shape index (κ1) is 16.6. The zero-order valence-electron chi connectivity index (χ0n) is 12.5. The highest BCUT2D eigenvalue weighted by Crippen LogP contribution is 2.29. The van der Waals surface area contributed by atoms with Gasteiger partial charge >= 0.3 is 6.03 Å². The molecule has 0 spiro atoms. The van der Waals surface area contributed by atoms with Crippen molar-refractivity contribution in [1.82, 2.24) is 5.16 Å². The van der Waals surface area contributed by atoms with Crippen molar-refractivity contribution in [1.29, 1.82) is 0 Å². The fourth-order valence-corrected chi connectivity index (χ4v) is 2.21. The van der Waals surface area contributed by atoms with Gasteiger partial charge < -0.3 is 9.84 Å². The Morgan fingerprint density at radius 1 is 1.27 bits per heavy atom. The molecular weight excluding hydrogens is 325 g/mol. The standard InChI is InChI=1S/C15H17Cl2N3O2/c1-15(2,3)8-9-7-12(22-20-9)19-14(21)18-11-6-4-5-10(16)13(11)17/h4-7H,8H2,1-3H3,(H2,18,19,21). The van der Waals surface area contributed by atoms with Crippen LogP contribution in [0.1, 0.15) is 26.5 Å². The molecule has 2 N–H and O–H groups in total. The van der Waals surface area contributed by atoms with Gasteiger partial charge in [0.05, 0.1) is 21.4 Å². The number of urea groups is 1. The lowest BCUT2D eigenvalue weighted by molar-refractivity contribution is 0.261. The molecule has 2 rings (SSSR count). The summed E-state index contributed by atoms with van der Waals surface area (Å²) in [5.41, 5.74) is 1.29. The number of carbonyl (C=O) groups excluding carboxylic acids is 1. The summed E-state index contributed by atoms with van der Waals surface area (Å²) in [6.07, 6.45) is 0.750. The third kappa shape index (κ3) is 4.64. The van der Waals surface area contributed by atoms with Gasteiger partial charge in [-0.3, -0.25) is 5.32 Å². The molecule has 1 aromatic carbocycles. The number of halogens is 2. The zero-order valence-corrected chi connectivity index (χ0v) is 14.0. The molecule has 2 amide bonds. The number of aromatic nitrogens is 1. The van der Waals surface area contributed by atoms with E-state index in [1.54, 1.807) is 24.3 Å². The maximum absolute atomic E-state index is 11.9. The second kappa shape index (κ2) is 6.58. The van der Waals surface area contributed by atoms with Crippen molar-refractivity contribution in [3.63, 3.8) is 0 Å². The summed E-state index contributed by atoms with van der Waals surface area (Å²) in [6, 6.07) is 6.20. The first-order valence-corrected chi connectivity index (χ1v) is 7.48. The number of nitrogens with one attached hydrogen (secondary N) is 2. The lowest BCUT2D eigenvalue weighted by atomic mass is 9.91. The van der Waals surface area contributed by atoms with E-state index in [4.69, 9.17) is 27.7 Å². The number of hydrogen-bond acceptors (Lipinski definition) is 3. The first-order chi connectivity index (χ1) is 10.2. The minimum absolute atomic E-state index is 0.0880. The van der Waals surface area contributed by atoms with E-state index in [1.807, 2.05) is 0 Å². The van der Waals surface area contributed by atoms with Gasteiger partial charge in [-0.1, -0.05) is 55.2 Å².